The first-order valence-corrected chi connectivity index (χ1v) is 9.17. The number of furan rings is 1. The van der Waals surface area contributed by atoms with E-state index in [-0.39, 0.29) is 24.0 Å². The number of anilines is 1. The van der Waals surface area contributed by atoms with Crippen molar-refractivity contribution in [1.29, 1.82) is 0 Å². The van der Waals surface area contributed by atoms with Gasteiger partial charge in [-0.1, -0.05) is 13.0 Å². The summed E-state index contributed by atoms with van der Waals surface area (Å²) < 4.78 is 5.31. The fourth-order valence-corrected chi connectivity index (χ4v) is 2.99. The van der Waals surface area contributed by atoms with Crippen molar-refractivity contribution in [2.24, 2.45) is 4.99 Å². The van der Waals surface area contributed by atoms with Gasteiger partial charge in [-0.2, -0.15) is 0 Å². The molecule has 27 heavy (non-hydrogen) atoms. The highest BCUT2D eigenvalue weighted by Gasteiger charge is 2.16. The Balaban J connectivity index is 0.00000261. The minimum Gasteiger partial charge on any atom is -0.467 e. The summed E-state index contributed by atoms with van der Waals surface area (Å²) in [5.74, 6) is 2.67. The predicted octanol–water partition coefficient (Wildman–Crippen LogP) is 2.30. The maximum absolute atomic E-state index is 5.31. The Hall–Kier alpha value is -1.81. The summed E-state index contributed by atoms with van der Waals surface area (Å²) in [5.41, 5.74) is 1.13. The average molecular weight is 484 g/mol. The van der Waals surface area contributed by atoms with E-state index in [1.165, 1.54) is 0 Å². The lowest BCUT2D eigenvalue weighted by atomic mass is 10.2. The molecule has 2 aromatic rings. The second-order valence-electron chi connectivity index (χ2n) is 6.30. The van der Waals surface area contributed by atoms with Gasteiger partial charge in [-0.05, 0) is 30.3 Å². The molecule has 1 aliphatic rings. The summed E-state index contributed by atoms with van der Waals surface area (Å²) in [6.07, 6.45) is 3.61. The molecule has 0 bridgehead atoms. The summed E-state index contributed by atoms with van der Waals surface area (Å²) in [7, 11) is 1.76. The molecular weight excluding hydrogens is 455 g/mol. The van der Waals surface area contributed by atoms with Crippen LogP contribution in [0.3, 0.4) is 0 Å². The summed E-state index contributed by atoms with van der Waals surface area (Å²) in [6, 6.07) is 8.05. The fraction of sp³-hybridized carbons (Fsp3) is 0.474. The maximum Gasteiger partial charge on any atom is 0.191 e. The first-order chi connectivity index (χ1) is 12.8. The van der Waals surface area contributed by atoms with E-state index in [9.17, 15) is 0 Å². The number of nitrogens with zero attached hydrogens (tertiary/aromatic N) is 4. The molecule has 1 fully saturated rings. The quantitative estimate of drug-likeness (QED) is 0.373. The molecule has 3 rings (SSSR count). The van der Waals surface area contributed by atoms with E-state index < -0.39 is 0 Å². The van der Waals surface area contributed by atoms with Gasteiger partial charge in [0.05, 0.1) is 12.8 Å². The summed E-state index contributed by atoms with van der Waals surface area (Å²) in [4.78, 5) is 13.7. The zero-order valence-electron chi connectivity index (χ0n) is 16.0. The van der Waals surface area contributed by atoms with Gasteiger partial charge in [0.1, 0.15) is 11.6 Å². The van der Waals surface area contributed by atoms with Crippen LogP contribution < -0.4 is 15.5 Å². The number of halogens is 1. The lowest BCUT2D eigenvalue weighted by Gasteiger charge is -2.34. The van der Waals surface area contributed by atoms with Gasteiger partial charge < -0.3 is 24.9 Å². The van der Waals surface area contributed by atoms with Crippen molar-refractivity contribution in [2.75, 3.05) is 44.7 Å². The van der Waals surface area contributed by atoms with Gasteiger partial charge in [0, 0.05) is 46.0 Å². The van der Waals surface area contributed by atoms with Crippen LogP contribution in [0, 0.1) is 0 Å². The van der Waals surface area contributed by atoms with Crippen LogP contribution >= 0.6 is 24.0 Å². The molecule has 3 heterocycles. The number of aromatic nitrogens is 1. The molecule has 1 aliphatic heterocycles. The van der Waals surface area contributed by atoms with Gasteiger partial charge >= 0.3 is 0 Å². The van der Waals surface area contributed by atoms with Crippen LogP contribution in [0.15, 0.2) is 46.1 Å². The smallest absolute Gasteiger partial charge is 0.191 e. The van der Waals surface area contributed by atoms with Crippen molar-refractivity contribution in [3.05, 3.63) is 48.0 Å². The second-order valence-corrected chi connectivity index (χ2v) is 6.30. The van der Waals surface area contributed by atoms with Crippen molar-refractivity contribution in [1.82, 2.24) is 20.5 Å². The van der Waals surface area contributed by atoms with Gasteiger partial charge in [-0.25, -0.2) is 4.98 Å². The van der Waals surface area contributed by atoms with Gasteiger partial charge in [0.2, 0.25) is 0 Å². The molecule has 0 saturated carbocycles. The largest absolute Gasteiger partial charge is 0.467 e. The van der Waals surface area contributed by atoms with Gasteiger partial charge in [0.25, 0.3) is 0 Å². The lowest BCUT2D eigenvalue weighted by molar-refractivity contribution is 0.270. The van der Waals surface area contributed by atoms with E-state index in [4.69, 9.17) is 4.42 Å². The zero-order chi connectivity index (χ0) is 18.2. The van der Waals surface area contributed by atoms with E-state index in [0.717, 1.165) is 55.8 Å². The number of rotatable bonds is 6. The number of aliphatic imine (C=N–C) groups is 1. The molecule has 0 aromatic carbocycles. The Kier molecular flexibility index (Phi) is 8.86. The molecule has 0 atom stereocenters. The molecule has 0 spiro atoms. The fourth-order valence-electron chi connectivity index (χ4n) is 2.99. The third-order valence-electron chi connectivity index (χ3n) is 4.65. The number of hydrogen-bond donors (Lipinski definition) is 2. The Morgan fingerprint density at radius 2 is 1.93 bits per heavy atom. The molecule has 2 aromatic heterocycles. The van der Waals surface area contributed by atoms with Crippen molar-refractivity contribution in [3.8, 4) is 0 Å². The van der Waals surface area contributed by atoms with Gasteiger partial charge in [0.15, 0.2) is 5.96 Å². The molecule has 0 radical (unpaired) electrons. The van der Waals surface area contributed by atoms with Crippen LogP contribution in [0.4, 0.5) is 5.82 Å². The van der Waals surface area contributed by atoms with Crippen molar-refractivity contribution >= 4 is 35.8 Å². The predicted molar refractivity (Wildman–Crippen MR) is 120 cm³/mol. The first-order valence-electron chi connectivity index (χ1n) is 9.17. The number of likely N-dealkylation sites (N-methyl/N-ethyl adjacent to an activating group) is 1. The average Bonchev–Trinajstić information content (AvgIpc) is 3.22. The molecule has 2 N–H and O–H groups in total. The zero-order valence-corrected chi connectivity index (χ0v) is 18.3. The van der Waals surface area contributed by atoms with Crippen LogP contribution in [-0.4, -0.2) is 55.6 Å². The SMILES string of the molecule is CCN1CCN(c2ccc(CNC(=NC)NCc3ccco3)cn2)CC1.I. The third kappa shape index (κ3) is 6.39. The topological polar surface area (TPSA) is 68.9 Å². The molecule has 148 valence electrons. The lowest BCUT2D eigenvalue weighted by Crippen LogP contribution is -2.46. The van der Waals surface area contributed by atoms with E-state index in [2.05, 4.69) is 49.5 Å². The van der Waals surface area contributed by atoms with E-state index >= 15 is 0 Å². The van der Waals surface area contributed by atoms with E-state index in [1.807, 2.05) is 18.3 Å². The second kappa shape index (κ2) is 11.1. The van der Waals surface area contributed by atoms with Crippen molar-refractivity contribution in [3.63, 3.8) is 0 Å². The van der Waals surface area contributed by atoms with Crippen LogP contribution in [0.25, 0.3) is 0 Å². The number of nitrogens with one attached hydrogen (secondary N) is 2. The monoisotopic (exact) mass is 484 g/mol. The molecule has 0 aliphatic carbocycles. The minimum absolute atomic E-state index is 0. The van der Waals surface area contributed by atoms with Crippen LogP contribution in [-0.2, 0) is 13.1 Å². The van der Waals surface area contributed by atoms with Crippen molar-refractivity contribution < 1.29 is 4.42 Å². The molecule has 0 unspecified atom stereocenters. The van der Waals surface area contributed by atoms with Crippen LogP contribution in [0.2, 0.25) is 0 Å². The Morgan fingerprint density at radius 1 is 1.15 bits per heavy atom. The number of piperazine rings is 1. The third-order valence-corrected chi connectivity index (χ3v) is 4.65. The van der Waals surface area contributed by atoms with Gasteiger partial charge in [-0.3, -0.25) is 4.99 Å². The number of pyridine rings is 1. The van der Waals surface area contributed by atoms with Crippen molar-refractivity contribution in [2.45, 2.75) is 20.0 Å². The Labute approximate surface area is 178 Å². The first kappa shape index (κ1) is 21.5. The maximum atomic E-state index is 5.31. The van der Waals surface area contributed by atoms with E-state index in [1.54, 1.807) is 13.3 Å². The molecule has 1 saturated heterocycles. The summed E-state index contributed by atoms with van der Waals surface area (Å²) in [6.45, 7) is 8.93. The van der Waals surface area contributed by atoms with E-state index in [0.29, 0.717) is 13.1 Å². The Bertz CT molecular complexity index is 681. The number of hydrogen-bond acceptors (Lipinski definition) is 5. The van der Waals surface area contributed by atoms with Crippen LogP contribution in [0.5, 0.6) is 0 Å². The summed E-state index contributed by atoms with van der Waals surface area (Å²) in [5, 5.41) is 6.52. The summed E-state index contributed by atoms with van der Waals surface area (Å²) >= 11 is 0. The Morgan fingerprint density at radius 3 is 2.52 bits per heavy atom. The molecule has 8 heteroatoms. The molecule has 0 amide bonds. The normalized spacial score (nSPS) is 15.3. The minimum atomic E-state index is 0. The highest BCUT2D eigenvalue weighted by Crippen LogP contribution is 2.14. The standard InChI is InChI=1S/C19H28N6O.HI/c1-3-24-8-10-25(11-9-24)18-7-6-16(13-21-18)14-22-19(20-2)23-15-17-5-4-12-26-17;/h4-7,12-13H,3,8-11,14-15H2,1-2H3,(H2,20,22,23);1H. The highest BCUT2D eigenvalue weighted by atomic mass is 127. The molecular formula is C19H29IN6O. The van der Waals surface area contributed by atoms with Gasteiger partial charge in [-0.15, -0.1) is 24.0 Å². The van der Waals surface area contributed by atoms with Crippen LogP contribution in [0.1, 0.15) is 18.2 Å². The molecule has 7 nitrogen and oxygen atoms in total. The number of guanidine groups is 1. The highest BCUT2D eigenvalue weighted by molar-refractivity contribution is 14.0.